The number of anilines is 1. The summed E-state index contributed by atoms with van der Waals surface area (Å²) in [6, 6.07) is 15.6. The molecule has 0 atom stereocenters. The summed E-state index contributed by atoms with van der Waals surface area (Å²) in [5.74, 6) is 1.40. The molecule has 1 saturated heterocycles. The van der Waals surface area contributed by atoms with Crippen molar-refractivity contribution in [3.8, 4) is 5.69 Å². The van der Waals surface area contributed by atoms with Gasteiger partial charge in [0.1, 0.15) is 5.57 Å². The van der Waals surface area contributed by atoms with E-state index in [9.17, 15) is 14.4 Å². The van der Waals surface area contributed by atoms with Gasteiger partial charge in [0.25, 0.3) is 11.8 Å². The number of urea groups is 1. The Morgan fingerprint density at radius 1 is 0.854 bits per heavy atom. The van der Waals surface area contributed by atoms with E-state index in [0.29, 0.717) is 11.1 Å². The van der Waals surface area contributed by atoms with Crippen LogP contribution in [0.1, 0.15) is 66.6 Å². The van der Waals surface area contributed by atoms with Gasteiger partial charge >= 0.3 is 6.03 Å². The fourth-order valence-electron chi connectivity index (χ4n) is 8.57. The SMILES string of the molecule is Cc1cc(N2C(=O)NC(=O)C(=Cc3cc(C)n(-c4ccc(C56CC7CC(CC(C7)C5)C6)cc4)c3C)C2=O)ccc1Br. The van der Waals surface area contributed by atoms with Gasteiger partial charge in [-0.2, -0.15) is 0 Å². The summed E-state index contributed by atoms with van der Waals surface area (Å²) in [7, 11) is 0. The monoisotopic (exact) mass is 611 g/mol. The van der Waals surface area contributed by atoms with Gasteiger partial charge in [-0.05, 0) is 142 Å². The molecule has 6 nitrogen and oxygen atoms in total. The van der Waals surface area contributed by atoms with Crippen LogP contribution in [0.4, 0.5) is 10.5 Å². The van der Waals surface area contributed by atoms with Crippen LogP contribution in [0.3, 0.4) is 0 Å². The molecule has 210 valence electrons. The number of aromatic nitrogens is 1. The van der Waals surface area contributed by atoms with Gasteiger partial charge in [-0.25, -0.2) is 9.69 Å². The van der Waals surface area contributed by atoms with Crippen LogP contribution in [0.15, 0.2) is 58.6 Å². The molecule has 2 heterocycles. The molecule has 8 rings (SSSR count). The van der Waals surface area contributed by atoms with Crippen LogP contribution >= 0.6 is 15.9 Å². The molecule has 7 heteroatoms. The zero-order valence-electron chi connectivity index (χ0n) is 23.7. The maximum atomic E-state index is 13.5. The maximum Gasteiger partial charge on any atom is 0.335 e. The van der Waals surface area contributed by atoms with Crippen molar-refractivity contribution in [3.05, 3.63) is 86.7 Å². The van der Waals surface area contributed by atoms with Gasteiger partial charge in [-0.1, -0.05) is 28.1 Å². The molecule has 0 radical (unpaired) electrons. The van der Waals surface area contributed by atoms with Gasteiger partial charge in [0.15, 0.2) is 0 Å². The van der Waals surface area contributed by atoms with Crippen molar-refractivity contribution in [2.45, 2.75) is 64.7 Å². The average Bonchev–Trinajstić information content (AvgIpc) is 3.20. The quantitative estimate of drug-likeness (QED) is 0.248. The number of aryl methyl sites for hydroxylation is 2. The smallest absolute Gasteiger partial charge is 0.318 e. The summed E-state index contributed by atoms with van der Waals surface area (Å²) in [6.07, 6.45) is 9.93. The Bertz CT molecular complexity index is 1610. The topological polar surface area (TPSA) is 71.4 Å². The molecule has 4 bridgehead atoms. The fraction of sp³-hybridized carbons (Fsp3) is 0.382. The number of barbiturate groups is 1. The zero-order chi connectivity index (χ0) is 28.6. The number of nitrogens with one attached hydrogen (secondary N) is 1. The van der Waals surface area contributed by atoms with Crippen molar-refractivity contribution < 1.29 is 14.4 Å². The highest BCUT2D eigenvalue weighted by Crippen LogP contribution is 2.60. The molecule has 3 aromatic rings. The number of hydrogen-bond donors (Lipinski definition) is 1. The van der Waals surface area contributed by atoms with Crippen molar-refractivity contribution in [3.63, 3.8) is 0 Å². The largest absolute Gasteiger partial charge is 0.335 e. The van der Waals surface area contributed by atoms with Crippen LogP contribution in [0, 0.1) is 38.5 Å². The van der Waals surface area contributed by atoms with Crippen molar-refractivity contribution in [1.29, 1.82) is 0 Å². The van der Waals surface area contributed by atoms with E-state index in [0.717, 1.165) is 55.3 Å². The second kappa shape index (κ2) is 9.55. The maximum absolute atomic E-state index is 13.5. The lowest BCUT2D eigenvalue weighted by molar-refractivity contribution is -0.122. The van der Waals surface area contributed by atoms with E-state index in [-0.39, 0.29) is 5.57 Å². The van der Waals surface area contributed by atoms with E-state index >= 15 is 0 Å². The van der Waals surface area contributed by atoms with Gasteiger partial charge in [0.05, 0.1) is 5.69 Å². The van der Waals surface area contributed by atoms with Gasteiger partial charge in [0.2, 0.25) is 0 Å². The van der Waals surface area contributed by atoms with Gasteiger partial charge < -0.3 is 4.57 Å². The zero-order valence-corrected chi connectivity index (χ0v) is 25.3. The van der Waals surface area contributed by atoms with Gasteiger partial charge in [-0.3, -0.25) is 14.9 Å². The number of imide groups is 2. The number of carbonyl (C=O) groups excluding carboxylic acids is 3. The van der Waals surface area contributed by atoms with Crippen LogP contribution in [-0.4, -0.2) is 22.4 Å². The highest BCUT2D eigenvalue weighted by Gasteiger charge is 2.51. The number of carbonyl (C=O) groups is 3. The Morgan fingerprint density at radius 3 is 2.07 bits per heavy atom. The molecule has 1 aliphatic heterocycles. The molecule has 0 unspecified atom stereocenters. The standard InChI is InChI=1S/C34H34BrN3O3/c1-19-10-28(8-9-30(19)35)38-32(40)29(31(39)36-33(38)41)15-25-11-20(2)37(21(25)3)27-6-4-26(5-7-27)34-16-22-12-23(17-34)14-24(13-22)18-34/h4-11,15,22-24H,12-14,16-18H2,1-3H3,(H,36,39,41). The molecular formula is C34H34BrN3O3. The molecule has 2 aromatic carbocycles. The molecule has 5 fully saturated rings. The Hall–Kier alpha value is -3.45. The van der Waals surface area contributed by atoms with Crippen molar-refractivity contribution in [1.82, 2.24) is 9.88 Å². The van der Waals surface area contributed by atoms with E-state index in [2.05, 4.69) is 50.1 Å². The van der Waals surface area contributed by atoms with Crippen LogP contribution in [0.2, 0.25) is 0 Å². The number of amides is 4. The van der Waals surface area contributed by atoms with E-state index in [1.807, 2.05) is 26.8 Å². The normalized spacial score (nSPS) is 28.1. The molecule has 1 aromatic heterocycles. The Labute approximate surface area is 248 Å². The van der Waals surface area contributed by atoms with E-state index < -0.39 is 17.8 Å². The second-order valence-electron chi connectivity index (χ2n) is 12.8. The summed E-state index contributed by atoms with van der Waals surface area (Å²) >= 11 is 3.45. The highest BCUT2D eigenvalue weighted by atomic mass is 79.9. The predicted molar refractivity (Wildman–Crippen MR) is 163 cm³/mol. The summed E-state index contributed by atoms with van der Waals surface area (Å²) in [6.45, 7) is 5.91. The van der Waals surface area contributed by atoms with E-state index in [1.54, 1.807) is 24.3 Å². The summed E-state index contributed by atoms with van der Waals surface area (Å²) < 4.78 is 3.04. The van der Waals surface area contributed by atoms with Crippen molar-refractivity contribution in [2.75, 3.05) is 4.90 Å². The van der Waals surface area contributed by atoms with Crippen molar-refractivity contribution >= 4 is 45.5 Å². The molecular weight excluding hydrogens is 578 g/mol. The predicted octanol–water partition coefficient (Wildman–Crippen LogP) is 7.30. The Balaban J connectivity index is 1.19. The Kier molecular flexibility index (Phi) is 6.16. The lowest BCUT2D eigenvalue weighted by Gasteiger charge is -2.57. The molecule has 5 aliphatic rings. The molecule has 4 amide bonds. The first kappa shape index (κ1) is 26.4. The third kappa shape index (κ3) is 4.32. The molecule has 4 saturated carbocycles. The first-order valence-corrected chi connectivity index (χ1v) is 15.4. The lowest BCUT2D eigenvalue weighted by atomic mass is 9.48. The summed E-state index contributed by atoms with van der Waals surface area (Å²) in [5, 5.41) is 2.34. The lowest BCUT2D eigenvalue weighted by Crippen LogP contribution is -2.54. The summed E-state index contributed by atoms with van der Waals surface area (Å²) in [4.78, 5) is 40.0. The fourth-order valence-corrected chi connectivity index (χ4v) is 8.82. The number of rotatable bonds is 4. The van der Waals surface area contributed by atoms with E-state index in [4.69, 9.17) is 0 Å². The first-order chi connectivity index (χ1) is 19.6. The van der Waals surface area contributed by atoms with E-state index in [1.165, 1.54) is 44.1 Å². The summed E-state index contributed by atoms with van der Waals surface area (Å²) in [5.41, 5.74) is 6.85. The molecule has 1 N–H and O–H groups in total. The number of benzene rings is 2. The number of halogens is 1. The Morgan fingerprint density at radius 2 is 1.46 bits per heavy atom. The molecule has 41 heavy (non-hydrogen) atoms. The van der Waals surface area contributed by atoms with Gasteiger partial charge in [0, 0.05) is 21.5 Å². The van der Waals surface area contributed by atoms with Crippen molar-refractivity contribution in [2.24, 2.45) is 17.8 Å². The molecule has 4 aliphatic carbocycles. The minimum Gasteiger partial charge on any atom is -0.318 e. The van der Waals surface area contributed by atoms with Gasteiger partial charge in [-0.15, -0.1) is 0 Å². The van der Waals surface area contributed by atoms with Crippen LogP contribution in [0.5, 0.6) is 0 Å². The second-order valence-corrected chi connectivity index (χ2v) is 13.7. The number of hydrogen-bond acceptors (Lipinski definition) is 3. The first-order valence-electron chi connectivity index (χ1n) is 14.6. The highest BCUT2D eigenvalue weighted by molar-refractivity contribution is 9.10. The third-order valence-corrected chi connectivity index (χ3v) is 10.9. The van der Waals surface area contributed by atoms with Crippen LogP contribution in [-0.2, 0) is 15.0 Å². The minimum atomic E-state index is -0.747. The minimum absolute atomic E-state index is 0.0670. The molecule has 0 spiro atoms. The average molecular weight is 613 g/mol. The third-order valence-electron chi connectivity index (χ3n) is 10.0. The number of nitrogens with zero attached hydrogens (tertiary/aromatic N) is 2. The van der Waals surface area contributed by atoms with Crippen LogP contribution < -0.4 is 10.2 Å². The van der Waals surface area contributed by atoms with Crippen LogP contribution in [0.25, 0.3) is 11.8 Å².